The highest BCUT2D eigenvalue weighted by molar-refractivity contribution is 7.91. The maximum Gasteiger partial charge on any atom is 0.264 e. The number of sulfonamides is 1. The highest BCUT2D eigenvalue weighted by atomic mass is 32.2. The number of nitrogens with zero attached hydrogens (tertiary/aromatic N) is 2. The van der Waals surface area contributed by atoms with Gasteiger partial charge in [0.25, 0.3) is 5.91 Å². The van der Waals surface area contributed by atoms with Gasteiger partial charge in [-0.05, 0) is 99.0 Å². The number of carbonyl (C=O) groups excluding carboxylic acids is 1. The number of phenolic OH excluding ortho intramolecular Hbond substituents is 1. The Kier molecular flexibility index (Phi) is 8.51. The number of hydrogen-bond acceptors (Lipinski definition) is 7. The molecule has 1 heterocycles. The number of amides is 1. The van der Waals surface area contributed by atoms with Crippen LogP contribution in [-0.4, -0.2) is 61.9 Å². The summed E-state index contributed by atoms with van der Waals surface area (Å²) in [5, 5.41) is 9.92. The Morgan fingerprint density at radius 2 is 1.64 bits per heavy atom. The van der Waals surface area contributed by atoms with Crippen molar-refractivity contribution in [1.82, 2.24) is 9.62 Å². The van der Waals surface area contributed by atoms with Crippen LogP contribution in [-0.2, 0) is 16.6 Å². The topological polar surface area (TPSA) is 99.2 Å². The zero-order chi connectivity index (χ0) is 28.2. The summed E-state index contributed by atoms with van der Waals surface area (Å²) in [6.45, 7) is 11.4. The minimum Gasteiger partial charge on any atom is -0.508 e. The molecule has 0 saturated carbocycles. The number of aromatic hydroxyl groups is 1. The summed E-state index contributed by atoms with van der Waals surface area (Å²) in [6, 6.07) is 20.5. The molecule has 0 spiro atoms. The van der Waals surface area contributed by atoms with E-state index in [-0.39, 0.29) is 5.75 Å². The van der Waals surface area contributed by atoms with Crippen LogP contribution >= 0.6 is 0 Å². The lowest BCUT2D eigenvalue weighted by atomic mass is 10.0. The molecule has 2 N–H and O–H groups in total. The molecule has 0 aromatic heterocycles. The van der Waals surface area contributed by atoms with Gasteiger partial charge in [-0.15, -0.1) is 0 Å². The summed E-state index contributed by atoms with van der Waals surface area (Å²) < 4.78 is 31.5. The molecule has 3 aromatic carbocycles. The number of ether oxygens (including phenoxy) is 1. The van der Waals surface area contributed by atoms with Crippen LogP contribution in [0.2, 0.25) is 0 Å². The van der Waals surface area contributed by atoms with Crippen molar-refractivity contribution >= 4 is 21.6 Å². The van der Waals surface area contributed by atoms with Crippen molar-refractivity contribution in [3.05, 3.63) is 77.9 Å². The second kappa shape index (κ2) is 11.7. The molecule has 4 rings (SSSR count). The van der Waals surface area contributed by atoms with Gasteiger partial charge in [0, 0.05) is 44.0 Å². The average molecular weight is 552 g/mol. The van der Waals surface area contributed by atoms with Crippen molar-refractivity contribution in [2.45, 2.75) is 39.0 Å². The highest BCUT2D eigenvalue weighted by Crippen LogP contribution is 2.29. The molecule has 1 fully saturated rings. The largest absolute Gasteiger partial charge is 0.508 e. The Bertz CT molecular complexity index is 1410. The highest BCUT2D eigenvalue weighted by Gasteiger charge is 2.31. The monoisotopic (exact) mass is 551 g/mol. The maximum atomic E-state index is 12.5. The molecule has 0 radical (unpaired) electrons. The molecule has 1 saturated heterocycles. The van der Waals surface area contributed by atoms with Crippen LogP contribution in [0.25, 0.3) is 11.1 Å². The molecule has 1 aliphatic heterocycles. The molecule has 1 amide bonds. The fraction of sp³-hybridized carbons (Fsp3) is 0.367. The summed E-state index contributed by atoms with van der Waals surface area (Å²) >= 11 is 0. The molecule has 208 valence electrons. The molecule has 9 heteroatoms. The fourth-order valence-corrected chi connectivity index (χ4v) is 5.10. The number of benzene rings is 3. The Labute approximate surface area is 231 Å². The number of piperazine rings is 1. The Balaban J connectivity index is 1.38. The minimum atomic E-state index is -3.77. The van der Waals surface area contributed by atoms with Crippen molar-refractivity contribution in [3.8, 4) is 22.6 Å². The molecule has 0 aliphatic carbocycles. The fourth-order valence-electron chi connectivity index (χ4n) is 4.43. The lowest BCUT2D eigenvalue weighted by molar-refractivity contribution is 0.0980. The minimum absolute atomic E-state index is 0.232. The smallest absolute Gasteiger partial charge is 0.264 e. The SMILES string of the molecule is CCOc1cc(CN2CCN(c3ccc(C(=O)NS(=O)(=O)C(C)(C)C)cc3)CC2)cc(-c2cccc(O)c2)c1. The maximum absolute atomic E-state index is 12.5. The number of nitrogens with one attached hydrogen (secondary N) is 1. The molecule has 0 unspecified atom stereocenters. The van der Waals surface area contributed by atoms with Gasteiger partial charge in [-0.2, -0.15) is 0 Å². The van der Waals surface area contributed by atoms with Crippen molar-refractivity contribution in [1.29, 1.82) is 0 Å². The first-order valence-electron chi connectivity index (χ1n) is 13.2. The molecular formula is C30H37N3O5S. The third-order valence-corrected chi connectivity index (χ3v) is 8.83. The van der Waals surface area contributed by atoms with Gasteiger partial charge in [0.2, 0.25) is 10.0 Å². The van der Waals surface area contributed by atoms with E-state index in [4.69, 9.17) is 4.74 Å². The molecule has 0 bridgehead atoms. The third kappa shape index (κ3) is 7.10. The van der Waals surface area contributed by atoms with Gasteiger partial charge in [0.15, 0.2) is 0 Å². The number of phenols is 1. The van der Waals surface area contributed by atoms with E-state index >= 15 is 0 Å². The van der Waals surface area contributed by atoms with E-state index in [1.807, 2.05) is 37.3 Å². The van der Waals surface area contributed by atoms with Crippen molar-refractivity contribution in [2.75, 3.05) is 37.7 Å². The summed E-state index contributed by atoms with van der Waals surface area (Å²) in [4.78, 5) is 17.1. The van der Waals surface area contributed by atoms with Gasteiger partial charge in [0.1, 0.15) is 11.5 Å². The number of rotatable bonds is 8. The van der Waals surface area contributed by atoms with Crippen LogP contribution in [0, 0.1) is 0 Å². The van der Waals surface area contributed by atoms with E-state index in [1.54, 1.807) is 45.0 Å². The molecule has 3 aromatic rings. The lowest BCUT2D eigenvalue weighted by Gasteiger charge is -2.36. The second-order valence-corrected chi connectivity index (χ2v) is 13.1. The number of hydrogen-bond donors (Lipinski definition) is 2. The number of anilines is 1. The summed E-state index contributed by atoms with van der Waals surface area (Å²) in [7, 11) is -3.77. The summed E-state index contributed by atoms with van der Waals surface area (Å²) in [6.07, 6.45) is 0. The normalized spacial score (nSPS) is 14.7. The Morgan fingerprint density at radius 1 is 0.949 bits per heavy atom. The van der Waals surface area contributed by atoms with E-state index in [1.165, 1.54) is 0 Å². The van der Waals surface area contributed by atoms with Crippen LogP contribution in [0.5, 0.6) is 11.5 Å². The Morgan fingerprint density at radius 3 is 2.26 bits per heavy atom. The standard InChI is InChI=1S/C30H37N3O5S/c1-5-38-28-18-22(17-25(20-28)24-7-6-8-27(34)19-24)21-32-13-15-33(16-14-32)26-11-9-23(10-12-26)29(35)31-39(36,37)30(2,3)4/h6-12,17-20,34H,5,13-16,21H2,1-4H3,(H,31,35). The third-order valence-electron chi connectivity index (χ3n) is 6.76. The number of carbonyl (C=O) groups is 1. The van der Waals surface area contributed by atoms with Crippen LogP contribution in [0.3, 0.4) is 0 Å². The summed E-state index contributed by atoms with van der Waals surface area (Å²) in [5.74, 6) is 0.419. The van der Waals surface area contributed by atoms with Crippen LogP contribution in [0.15, 0.2) is 66.7 Å². The van der Waals surface area contributed by atoms with E-state index in [0.29, 0.717) is 12.2 Å². The molecule has 8 nitrogen and oxygen atoms in total. The van der Waals surface area contributed by atoms with E-state index in [9.17, 15) is 18.3 Å². The van der Waals surface area contributed by atoms with Gasteiger partial charge in [-0.1, -0.05) is 12.1 Å². The molecule has 39 heavy (non-hydrogen) atoms. The van der Waals surface area contributed by atoms with E-state index in [2.05, 4.69) is 26.7 Å². The van der Waals surface area contributed by atoms with E-state index < -0.39 is 20.7 Å². The molecule has 0 atom stereocenters. The zero-order valence-corrected chi connectivity index (χ0v) is 23.8. The van der Waals surface area contributed by atoms with Crippen LogP contribution in [0.4, 0.5) is 5.69 Å². The second-order valence-electron chi connectivity index (χ2n) is 10.7. The van der Waals surface area contributed by atoms with Gasteiger partial charge < -0.3 is 14.7 Å². The zero-order valence-electron chi connectivity index (χ0n) is 23.0. The predicted molar refractivity (Wildman–Crippen MR) is 155 cm³/mol. The van der Waals surface area contributed by atoms with Crippen molar-refractivity contribution < 1.29 is 23.1 Å². The van der Waals surface area contributed by atoms with Gasteiger partial charge >= 0.3 is 0 Å². The van der Waals surface area contributed by atoms with Crippen molar-refractivity contribution in [3.63, 3.8) is 0 Å². The van der Waals surface area contributed by atoms with Gasteiger partial charge in [-0.3, -0.25) is 9.69 Å². The van der Waals surface area contributed by atoms with E-state index in [0.717, 1.165) is 60.9 Å². The lowest BCUT2D eigenvalue weighted by Crippen LogP contribution is -2.46. The Hall–Kier alpha value is -3.56. The van der Waals surface area contributed by atoms with Crippen LogP contribution in [0.1, 0.15) is 43.6 Å². The average Bonchev–Trinajstić information content (AvgIpc) is 2.88. The first-order chi connectivity index (χ1) is 18.4. The van der Waals surface area contributed by atoms with Gasteiger partial charge in [0.05, 0.1) is 11.4 Å². The van der Waals surface area contributed by atoms with Crippen LogP contribution < -0.4 is 14.4 Å². The van der Waals surface area contributed by atoms with Crippen molar-refractivity contribution in [2.24, 2.45) is 0 Å². The molecule has 1 aliphatic rings. The predicted octanol–water partition coefficient (Wildman–Crippen LogP) is 4.64. The quantitative estimate of drug-likeness (QED) is 0.421. The first-order valence-corrected chi connectivity index (χ1v) is 14.6. The first kappa shape index (κ1) is 28.4. The van der Waals surface area contributed by atoms with Gasteiger partial charge in [-0.25, -0.2) is 13.1 Å². The summed E-state index contributed by atoms with van der Waals surface area (Å²) in [5.41, 5.74) is 4.39. The molecular weight excluding hydrogens is 514 g/mol.